The number of ether oxygens (including phenoxy) is 2. The second-order valence-corrected chi connectivity index (χ2v) is 13.8. The van der Waals surface area contributed by atoms with Crippen molar-refractivity contribution in [2.75, 3.05) is 13.2 Å². The first-order chi connectivity index (χ1) is 23.8. The molecule has 49 heavy (non-hydrogen) atoms. The highest BCUT2D eigenvalue weighted by Crippen LogP contribution is 2.36. The first-order valence-corrected chi connectivity index (χ1v) is 20.6. The second kappa shape index (κ2) is 35.6. The van der Waals surface area contributed by atoms with E-state index in [9.17, 15) is 14.2 Å². The summed E-state index contributed by atoms with van der Waals surface area (Å²) in [7, 11) is -4.76. The molecule has 0 rings (SSSR count). The molecule has 0 saturated heterocycles. The number of allylic oxidation sites excluding steroid dienone is 10. The molecule has 1 atom stereocenters. The maximum Gasteiger partial charge on any atom is 0.469 e. The second-order valence-electron chi connectivity index (χ2n) is 12.5. The van der Waals surface area contributed by atoms with Crippen molar-refractivity contribution in [2.45, 2.75) is 168 Å². The summed E-state index contributed by atoms with van der Waals surface area (Å²) in [6, 6.07) is 0. The Morgan fingerprint density at radius 1 is 0.531 bits per heavy atom. The first kappa shape index (κ1) is 46.8. The number of phosphoric acid groups is 1. The summed E-state index contributed by atoms with van der Waals surface area (Å²) in [6.07, 6.45) is 43.7. The first-order valence-electron chi connectivity index (χ1n) is 19.1. The zero-order valence-corrected chi connectivity index (χ0v) is 31.7. The SMILES string of the molecule is CCCCC/C=C\C/C=C\C/C=C\C/C=C\CCCCCC(=O)OC[C@H](COP(=O)(O)O)OC(=O)CCCCCCC/C=C\CCCCC. The predicted molar refractivity (Wildman–Crippen MR) is 202 cm³/mol. The summed E-state index contributed by atoms with van der Waals surface area (Å²) >= 11 is 0. The maximum atomic E-state index is 12.3. The van der Waals surface area contributed by atoms with Gasteiger partial charge in [-0.25, -0.2) is 4.57 Å². The van der Waals surface area contributed by atoms with Crippen molar-refractivity contribution >= 4 is 19.8 Å². The van der Waals surface area contributed by atoms with Crippen LogP contribution in [0.25, 0.3) is 0 Å². The van der Waals surface area contributed by atoms with Gasteiger partial charge in [-0.05, 0) is 83.5 Å². The Hall–Kier alpha value is -2.25. The van der Waals surface area contributed by atoms with Crippen molar-refractivity contribution in [3.63, 3.8) is 0 Å². The molecular weight excluding hydrogens is 639 g/mol. The van der Waals surface area contributed by atoms with Gasteiger partial charge in [0.2, 0.25) is 0 Å². The van der Waals surface area contributed by atoms with Crippen LogP contribution in [0.5, 0.6) is 0 Å². The minimum absolute atomic E-state index is 0.192. The normalized spacial score (nSPS) is 13.1. The van der Waals surface area contributed by atoms with Crippen molar-refractivity contribution < 1.29 is 37.9 Å². The Morgan fingerprint density at radius 2 is 0.918 bits per heavy atom. The summed E-state index contributed by atoms with van der Waals surface area (Å²) in [6.45, 7) is 3.58. The van der Waals surface area contributed by atoms with Crippen LogP contribution in [0.1, 0.15) is 162 Å². The van der Waals surface area contributed by atoms with Crippen LogP contribution >= 0.6 is 7.82 Å². The number of esters is 2. The van der Waals surface area contributed by atoms with Gasteiger partial charge in [0.15, 0.2) is 6.10 Å². The minimum atomic E-state index is -4.76. The van der Waals surface area contributed by atoms with Crippen LogP contribution in [0.3, 0.4) is 0 Å². The third-order valence-electron chi connectivity index (χ3n) is 7.76. The Labute approximate surface area is 298 Å². The van der Waals surface area contributed by atoms with Gasteiger partial charge in [-0.2, -0.15) is 0 Å². The lowest BCUT2D eigenvalue weighted by Crippen LogP contribution is -2.29. The van der Waals surface area contributed by atoms with E-state index >= 15 is 0 Å². The lowest BCUT2D eigenvalue weighted by Gasteiger charge is -2.18. The maximum absolute atomic E-state index is 12.3. The Morgan fingerprint density at radius 3 is 1.41 bits per heavy atom. The molecular formula is C40H69O8P. The van der Waals surface area contributed by atoms with Gasteiger partial charge >= 0.3 is 19.8 Å². The van der Waals surface area contributed by atoms with Gasteiger partial charge in [-0.15, -0.1) is 0 Å². The van der Waals surface area contributed by atoms with Crippen molar-refractivity contribution in [1.29, 1.82) is 0 Å². The number of unbranched alkanes of at least 4 members (excludes halogenated alkanes) is 14. The van der Waals surface area contributed by atoms with Crippen LogP contribution in [0, 0.1) is 0 Å². The highest BCUT2D eigenvalue weighted by atomic mass is 31.2. The van der Waals surface area contributed by atoms with Crippen molar-refractivity contribution in [1.82, 2.24) is 0 Å². The fraction of sp³-hybridized carbons (Fsp3) is 0.700. The van der Waals surface area contributed by atoms with Crippen LogP contribution < -0.4 is 0 Å². The van der Waals surface area contributed by atoms with Gasteiger partial charge in [0.05, 0.1) is 6.61 Å². The van der Waals surface area contributed by atoms with Crippen LogP contribution in [-0.2, 0) is 28.2 Å². The standard InChI is InChI=1S/C40H69O8P/c1-3-5-7-9-11-13-15-17-18-19-20-21-22-23-25-26-28-30-32-34-39(41)46-36-38(37-47-49(43,44)45)48-40(42)35-33-31-29-27-24-16-14-12-10-8-6-4-2/h11-14,17-18,20-21,23,25,38H,3-10,15-16,19,22,24,26-37H2,1-2H3,(H2,43,44,45)/b13-11-,14-12-,18-17-,21-20-,25-23-/t38-/m1/s1. The van der Waals surface area contributed by atoms with E-state index in [1.807, 2.05) is 0 Å². The molecule has 8 nitrogen and oxygen atoms in total. The molecule has 0 fully saturated rings. The molecule has 282 valence electrons. The average molecular weight is 709 g/mol. The number of carbonyl (C=O) groups excluding carboxylic acids is 2. The van der Waals surface area contributed by atoms with E-state index in [0.29, 0.717) is 12.8 Å². The van der Waals surface area contributed by atoms with Crippen LogP contribution in [0.2, 0.25) is 0 Å². The molecule has 0 aromatic heterocycles. The summed E-state index contributed by atoms with van der Waals surface area (Å²) in [5.74, 6) is -0.937. The van der Waals surface area contributed by atoms with E-state index in [0.717, 1.165) is 77.0 Å². The molecule has 2 N–H and O–H groups in total. The average Bonchev–Trinajstić information content (AvgIpc) is 3.07. The number of rotatable bonds is 34. The van der Waals surface area contributed by atoms with Crippen LogP contribution in [-0.4, -0.2) is 41.0 Å². The smallest absolute Gasteiger partial charge is 0.462 e. The summed E-state index contributed by atoms with van der Waals surface area (Å²) in [5, 5.41) is 0. The highest BCUT2D eigenvalue weighted by Gasteiger charge is 2.22. The molecule has 0 spiro atoms. The van der Waals surface area contributed by atoms with Crippen molar-refractivity contribution in [3.05, 3.63) is 60.8 Å². The van der Waals surface area contributed by atoms with E-state index in [4.69, 9.17) is 19.3 Å². The van der Waals surface area contributed by atoms with Crippen LogP contribution in [0.15, 0.2) is 60.8 Å². The van der Waals surface area contributed by atoms with Gasteiger partial charge in [0, 0.05) is 12.8 Å². The molecule has 0 amide bonds. The quantitative estimate of drug-likeness (QED) is 0.0293. The van der Waals surface area contributed by atoms with Crippen LogP contribution in [0.4, 0.5) is 0 Å². The van der Waals surface area contributed by atoms with Gasteiger partial charge in [-0.1, -0.05) is 126 Å². The van der Waals surface area contributed by atoms with E-state index in [-0.39, 0.29) is 19.4 Å². The lowest BCUT2D eigenvalue weighted by atomic mass is 10.1. The topological polar surface area (TPSA) is 119 Å². The monoisotopic (exact) mass is 708 g/mol. The van der Waals surface area contributed by atoms with E-state index in [1.54, 1.807) is 0 Å². The number of hydrogen-bond donors (Lipinski definition) is 2. The van der Waals surface area contributed by atoms with Gasteiger partial charge in [0.1, 0.15) is 6.61 Å². The molecule has 0 unspecified atom stereocenters. The third kappa shape index (κ3) is 38.4. The van der Waals surface area contributed by atoms with E-state index < -0.39 is 32.5 Å². The van der Waals surface area contributed by atoms with E-state index in [2.05, 4.69) is 79.1 Å². The molecule has 9 heteroatoms. The molecule has 0 saturated carbocycles. The Kier molecular flexibility index (Phi) is 33.9. The largest absolute Gasteiger partial charge is 0.469 e. The van der Waals surface area contributed by atoms with Gasteiger partial charge < -0.3 is 19.3 Å². The summed E-state index contributed by atoms with van der Waals surface area (Å²) in [5.41, 5.74) is 0. The van der Waals surface area contributed by atoms with Crippen molar-refractivity contribution in [2.24, 2.45) is 0 Å². The Balaban J connectivity index is 4.04. The van der Waals surface area contributed by atoms with Crippen molar-refractivity contribution in [3.8, 4) is 0 Å². The fourth-order valence-corrected chi connectivity index (χ4v) is 5.24. The summed E-state index contributed by atoms with van der Waals surface area (Å²) < 4.78 is 26.3. The molecule has 0 heterocycles. The zero-order valence-electron chi connectivity index (χ0n) is 30.8. The number of carbonyl (C=O) groups is 2. The third-order valence-corrected chi connectivity index (χ3v) is 8.24. The Bertz CT molecular complexity index is 979. The van der Waals surface area contributed by atoms with Gasteiger partial charge in [-0.3, -0.25) is 14.1 Å². The molecule has 0 radical (unpaired) electrons. The van der Waals surface area contributed by atoms with E-state index in [1.165, 1.54) is 44.9 Å². The minimum Gasteiger partial charge on any atom is -0.462 e. The molecule has 0 aliphatic carbocycles. The molecule has 0 aromatic rings. The molecule has 0 bridgehead atoms. The number of hydrogen-bond acceptors (Lipinski definition) is 6. The summed E-state index contributed by atoms with van der Waals surface area (Å²) in [4.78, 5) is 42.7. The number of phosphoric ester groups is 1. The highest BCUT2D eigenvalue weighted by molar-refractivity contribution is 7.46. The molecule has 0 aromatic carbocycles. The van der Waals surface area contributed by atoms with Gasteiger partial charge in [0.25, 0.3) is 0 Å². The lowest BCUT2D eigenvalue weighted by molar-refractivity contribution is -0.161. The zero-order chi connectivity index (χ0) is 36.1. The fourth-order valence-electron chi connectivity index (χ4n) is 4.88. The molecule has 0 aliphatic heterocycles. The predicted octanol–water partition coefficient (Wildman–Crippen LogP) is 11.3. The molecule has 0 aliphatic rings.